The van der Waals surface area contributed by atoms with Crippen LogP contribution in [0.15, 0.2) is 33.4 Å². The number of allylic oxidation sites excluding steroid dienone is 1. The van der Waals surface area contributed by atoms with E-state index in [1.165, 1.54) is 0 Å². The van der Waals surface area contributed by atoms with Gasteiger partial charge in [0.15, 0.2) is 0 Å². The fourth-order valence-electron chi connectivity index (χ4n) is 1.28. The molecule has 1 aromatic carbocycles. The molecule has 0 saturated heterocycles. The molecular formula is C9H5N3. The van der Waals surface area contributed by atoms with E-state index in [9.17, 15) is 0 Å². The summed E-state index contributed by atoms with van der Waals surface area (Å²) in [5.74, 6) is 0. The normalized spacial score (nSPS) is 15.3. The first-order valence-electron chi connectivity index (χ1n) is 3.75. The summed E-state index contributed by atoms with van der Waals surface area (Å²) in [6.07, 6.45) is 5.54. The van der Waals surface area contributed by atoms with Crippen LogP contribution >= 0.6 is 0 Å². The van der Waals surface area contributed by atoms with Crippen LogP contribution in [0, 0.1) is 0 Å². The summed E-state index contributed by atoms with van der Waals surface area (Å²) in [5.41, 5.74) is 2.13. The Kier molecular flexibility index (Phi) is 0.913. The molecule has 12 heavy (non-hydrogen) atoms. The second-order valence-corrected chi connectivity index (χ2v) is 2.71. The molecule has 0 radical (unpaired) electrons. The maximum absolute atomic E-state index is 4.17. The fraction of sp³-hybridized carbons (Fsp3) is 0. The zero-order valence-corrected chi connectivity index (χ0v) is 6.23. The van der Waals surface area contributed by atoms with Gasteiger partial charge in [-0.3, -0.25) is 0 Å². The highest BCUT2D eigenvalue weighted by Crippen LogP contribution is 2.12. The van der Waals surface area contributed by atoms with Crippen molar-refractivity contribution in [3.63, 3.8) is 0 Å². The van der Waals surface area contributed by atoms with Crippen LogP contribution < -0.4 is 10.7 Å². The molecule has 2 heterocycles. The quantitative estimate of drug-likeness (QED) is 0.533. The van der Waals surface area contributed by atoms with Crippen LogP contribution in [-0.4, -0.2) is 6.21 Å². The lowest BCUT2D eigenvalue weighted by Crippen LogP contribution is -2.19. The number of fused-ring (bicyclic) bond motifs is 3. The summed E-state index contributed by atoms with van der Waals surface area (Å²) >= 11 is 0. The Balaban J connectivity index is 2.50. The summed E-state index contributed by atoms with van der Waals surface area (Å²) in [6, 6.07) is 4.01. The average Bonchev–Trinajstić information content (AvgIpc) is 2.87. The molecule has 2 aliphatic heterocycles. The zero-order valence-electron chi connectivity index (χ0n) is 6.23. The van der Waals surface area contributed by atoms with Crippen LogP contribution in [-0.2, 0) is 0 Å². The van der Waals surface area contributed by atoms with E-state index in [0.29, 0.717) is 0 Å². The Morgan fingerprint density at radius 1 is 1.08 bits per heavy atom. The van der Waals surface area contributed by atoms with Crippen LogP contribution in [0.2, 0.25) is 0 Å². The van der Waals surface area contributed by atoms with Crippen molar-refractivity contribution < 1.29 is 0 Å². The second kappa shape index (κ2) is 1.88. The van der Waals surface area contributed by atoms with Gasteiger partial charge in [0.1, 0.15) is 10.7 Å². The lowest BCUT2D eigenvalue weighted by Gasteiger charge is -1.86. The summed E-state index contributed by atoms with van der Waals surface area (Å²) in [6.45, 7) is 0. The van der Waals surface area contributed by atoms with E-state index in [1.54, 1.807) is 6.21 Å². The van der Waals surface area contributed by atoms with Gasteiger partial charge in [0.2, 0.25) is 0 Å². The first kappa shape index (κ1) is 5.83. The minimum Gasteiger partial charge on any atom is -0.242 e. The number of nitrogens with zero attached hydrogens (tertiary/aromatic N) is 3. The Morgan fingerprint density at radius 3 is 3.08 bits per heavy atom. The number of benzene rings is 1. The van der Waals surface area contributed by atoms with Crippen molar-refractivity contribution in [2.75, 3.05) is 0 Å². The molecule has 3 nitrogen and oxygen atoms in total. The highest BCUT2D eigenvalue weighted by molar-refractivity contribution is 5.79. The molecule has 0 N–H and O–H groups in total. The Hall–Kier alpha value is -1.77. The third-order valence-electron chi connectivity index (χ3n) is 1.93. The van der Waals surface area contributed by atoms with Crippen molar-refractivity contribution >= 4 is 18.0 Å². The monoisotopic (exact) mass is 155 g/mol. The van der Waals surface area contributed by atoms with Crippen molar-refractivity contribution in [1.82, 2.24) is 0 Å². The van der Waals surface area contributed by atoms with E-state index in [-0.39, 0.29) is 0 Å². The first-order chi connectivity index (χ1) is 5.95. The third-order valence-corrected chi connectivity index (χ3v) is 1.93. The second-order valence-electron chi connectivity index (χ2n) is 2.71. The smallest absolute Gasteiger partial charge is 0.121 e. The van der Waals surface area contributed by atoms with E-state index in [4.69, 9.17) is 0 Å². The van der Waals surface area contributed by atoms with E-state index in [2.05, 4.69) is 15.2 Å². The SMILES string of the molecule is C1=Cc2ccc3c(c2=NN=C1)=N3. The molecule has 56 valence electrons. The van der Waals surface area contributed by atoms with Gasteiger partial charge in [0, 0.05) is 11.8 Å². The van der Waals surface area contributed by atoms with Gasteiger partial charge < -0.3 is 0 Å². The van der Waals surface area contributed by atoms with Gasteiger partial charge in [-0.15, -0.1) is 5.10 Å². The molecule has 3 rings (SSSR count). The molecule has 0 unspecified atom stereocenters. The van der Waals surface area contributed by atoms with Gasteiger partial charge in [-0.2, -0.15) is 5.10 Å². The number of hydrogen-bond acceptors (Lipinski definition) is 3. The minimum atomic E-state index is 0.900. The topological polar surface area (TPSA) is 37.1 Å². The number of rotatable bonds is 0. The van der Waals surface area contributed by atoms with Crippen molar-refractivity contribution in [2.24, 2.45) is 15.2 Å². The van der Waals surface area contributed by atoms with Crippen LogP contribution in [0.1, 0.15) is 5.56 Å². The summed E-state index contributed by atoms with van der Waals surface area (Å²) in [4.78, 5) is 4.17. The van der Waals surface area contributed by atoms with Gasteiger partial charge in [-0.05, 0) is 12.1 Å². The predicted octanol–water partition coefficient (Wildman–Crippen LogP) is 0.584. The van der Waals surface area contributed by atoms with Crippen molar-refractivity contribution in [1.29, 1.82) is 0 Å². The summed E-state index contributed by atoms with van der Waals surface area (Å²) in [5, 5.41) is 9.81. The third kappa shape index (κ3) is 0.676. The zero-order chi connectivity index (χ0) is 7.97. The standard InChI is InChI=1S/C9H5N3/c1-2-6-3-4-7-9(11-7)8(6)12-10-5-1/h1-5H. The highest BCUT2D eigenvalue weighted by Gasteiger charge is 2.11. The largest absolute Gasteiger partial charge is 0.242 e. The van der Waals surface area contributed by atoms with E-state index in [1.807, 2.05) is 24.3 Å². The van der Waals surface area contributed by atoms with Gasteiger partial charge in [-0.1, -0.05) is 12.1 Å². The van der Waals surface area contributed by atoms with Crippen molar-refractivity contribution in [3.8, 4) is 0 Å². The Bertz CT molecular complexity index is 523. The maximum Gasteiger partial charge on any atom is 0.121 e. The molecule has 0 amide bonds. The summed E-state index contributed by atoms with van der Waals surface area (Å²) < 4.78 is 0. The lowest BCUT2D eigenvalue weighted by atomic mass is 10.2. The predicted molar refractivity (Wildman–Crippen MR) is 45.9 cm³/mol. The first-order valence-corrected chi connectivity index (χ1v) is 3.75. The average molecular weight is 155 g/mol. The van der Waals surface area contributed by atoms with E-state index in [0.717, 1.165) is 22.0 Å². The van der Waals surface area contributed by atoms with Crippen LogP contribution in [0.4, 0.5) is 5.69 Å². The molecule has 0 spiro atoms. The van der Waals surface area contributed by atoms with Crippen LogP contribution in [0.5, 0.6) is 0 Å². The van der Waals surface area contributed by atoms with Gasteiger partial charge >= 0.3 is 0 Å². The molecule has 1 aromatic rings. The Labute approximate surface area is 68.5 Å². The summed E-state index contributed by atoms with van der Waals surface area (Å²) in [7, 11) is 0. The minimum absolute atomic E-state index is 0.900. The molecule has 2 aliphatic rings. The molecule has 0 bridgehead atoms. The molecular weight excluding hydrogens is 150 g/mol. The molecule has 0 aliphatic carbocycles. The number of hydrogen-bond donors (Lipinski definition) is 0. The van der Waals surface area contributed by atoms with Gasteiger partial charge in [0.25, 0.3) is 0 Å². The highest BCUT2D eigenvalue weighted by atomic mass is 15.2. The van der Waals surface area contributed by atoms with Crippen molar-refractivity contribution in [3.05, 3.63) is 34.5 Å². The fourth-order valence-corrected chi connectivity index (χ4v) is 1.28. The molecule has 3 heteroatoms. The van der Waals surface area contributed by atoms with Crippen LogP contribution in [0.3, 0.4) is 0 Å². The molecule has 0 fully saturated rings. The van der Waals surface area contributed by atoms with Crippen LogP contribution in [0.25, 0.3) is 6.08 Å². The Morgan fingerprint density at radius 2 is 2.08 bits per heavy atom. The molecule has 0 atom stereocenters. The van der Waals surface area contributed by atoms with Crippen molar-refractivity contribution in [2.45, 2.75) is 0 Å². The maximum atomic E-state index is 4.17. The van der Waals surface area contributed by atoms with Gasteiger partial charge in [0.05, 0.1) is 5.69 Å². The molecule has 0 aromatic heterocycles. The van der Waals surface area contributed by atoms with Gasteiger partial charge in [-0.25, -0.2) is 4.99 Å². The van der Waals surface area contributed by atoms with E-state index < -0.39 is 0 Å². The van der Waals surface area contributed by atoms with E-state index >= 15 is 0 Å². The molecule has 0 saturated carbocycles. The lowest BCUT2D eigenvalue weighted by molar-refractivity contribution is 1.14.